The Bertz CT molecular complexity index is 389. The number of anilines is 1. The van der Waals surface area contributed by atoms with E-state index in [-0.39, 0.29) is 5.91 Å². The van der Waals surface area contributed by atoms with E-state index in [0.29, 0.717) is 12.1 Å². The predicted molar refractivity (Wildman–Crippen MR) is 53.0 cm³/mol. The van der Waals surface area contributed by atoms with Gasteiger partial charge >= 0.3 is 0 Å². The van der Waals surface area contributed by atoms with Crippen LogP contribution in [0.5, 0.6) is 0 Å². The molecule has 1 aromatic carbocycles. The summed E-state index contributed by atoms with van der Waals surface area (Å²) in [5.41, 5.74) is 1.53. The van der Waals surface area contributed by atoms with E-state index in [1.807, 2.05) is 25.1 Å². The van der Waals surface area contributed by atoms with Crippen molar-refractivity contribution in [1.82, 2.24) is 0 Å². The number of rotatable bonds is 2. The standard InChI is InChI=1S/C10H10N2O2/c1-2-12-8-6-4-3-5-7(8)9(11-14)10(12)13/h3-6,9H,2H2,1H3. The summed E-state index contributed by atoms with van der Waals surface area (Å²) < 4.78 is 0. The normalized spacial score (nSPS) is 19.6. The number of nitrogens with zero attached hydrogens (tertiary/aromatic N) is 2. The summed E-state index contributed by atoms with van der Waals surface area (Å²) in [5.74, 6) is -0.219. The first-order valence-electron chi connectivity index (χ1n) is 4.52. The molecule has 4 nitrogen and oxygen atoms in total. The van der Waals surface area contributed by atoms with Gasteiger partial charge in [-0.25, -0.2) is 0 Å². The number of carbonyl (C=O) groups is 1. The van der Waals surface area contributed by atoms with Crippen molar-refractivity contribution in [3.63, 3.8) is 0 Å². The first-order valence-corrected chi connectivity index (χ1v) is 4.52. The summed E-state index contributed by atoms with van der Waals surface area (Å²) in [7, 11) is 0. The summed E-state index contributed by atoms with van der Waals surface area (Å²) in [6.45, 7) is 2.45. The molecule has 1 aliphatic rings. The first-order chi connectivity index (χ1) is 6.79. The number of amides is 1. The van der Waals surface area contributed by atoms with Crippen molar-refractivity contribution in [2.24, 2.45) is 5.18 Å². The van der Waals surface area contributed by atoms with Crippen molar-refractivity contribution in [2.45, 2.75) is 13.0 Å². The minimum absolute atomic E-state index is 0.219. The van der Waals surface area contributed by atoms with Crippen molar-refractivity contribution in [3.8, 4) is 0 Å². The number of hydrogen-bond acceptors (Lipinski definition) is 3. The van der Waals surface area contributed by atoms with E-state index in [0.717, 1.165) is 5.69 Å². The zero-order valence-electron chi connectivity index (χ0n) is 7.80. The summed E-state index contributed by atoms with van der Waals surface area (Å²) >= 11 is 0. The highest BCUT2D eigenvalue weighted by molar-refractivity contribution is 6.04. The number of para-hydroxylation sites is 1. The van der Waals surface area contributed by atoms with Crippen LogP contribution in [-0.4, -0.2) is 12.5 Å². The fraction of sp³-hybridized carbons (Fsp3) is 0.300. The Morgan fingerprint density at radius 3 is 2.79 bits per heavy atom. The van der Waals surface area contributed by atoms with Gasteiger partial charge < -0.3 is 4.90 Å². The first kappa shape index (κ1) is 8.87. The molecule has 2 rings (SSSR count). The van der Waals surface area contributed by atoms with Crippen LogP contribution in [0.1, 0.15) is 18.5 Å². The van der Waals surface area contributed by atoms with Gasteiger partial charge in [0.1, 0.15) is 0 Å². The van der Waals surface area contributed by atoms with E-state index in [9.17, 15) is 9.70 Å². The van der Waals surface area contributed by atoms with Gasteiger partial charge in [-0.3, -0.25) is 4.79 Å². The van der Waals surface area contributed by atoms with Gasteiger partial charge in [-0.2, -0.15) is 0 Å². The molecule has 4 heteroatoms. The number of carbonyl (C=O) groups excluding carboxylic acids is 1. The molecule has 0 spiro atoms. The van der Waals surface area contributed by atoms with Crippen LogP contribution in [-0.2, 0) is 4.79 Å². The van der Waals surface area contributed by atoms with Crippen LogP contribution in [0, 0.1) is 4.91 Å². The van der Waals surface area contributed by atoms with Crippen molar-refractivity contribution in [3.05, 3.63) is 34.7 Å². The molecular formula is C10H10N2O2. The average Bonchev–Trinajstić information content (AvgIpc) is 2.49. The number of likely N-dealkylation sites (N-methyl/N-ethyl adjacent to an activating group) is 1. The summed E-state index contributed by atoms with van der Waals surface area (Å²) in [6.07, 6.45) is 0. The summed E-state index contributed by atoms with van der Waals surface area (Å²) in [4.78, 5) is 23.8. The second kappa shape index (κ2) is 3.21. The molecule has 72 valence electrons. The molecule has 1 aliphatic heterocycles. The lowest BCUT2D eigenvalue weighted by atomic mass is 10.1. The third kappa shape index (κ3) is 1.04. The molecular weight excluding hydrogens is 180 g/mol. The fourth-order valence-corrected chi connectivity index (χ4v) is 1.79. The Kier molecular flexibility index (Phi) is 2.04. The lowest BCUT2D eigenvalue weighted by molar-refractivity contribution is -0.119. The van der Waals surface area contributed by atoms with Crippen molar-refractivity contribution in [2.75, 3.05) is 11.4 Å². The van der Waals surface area contributed by atoms with Crippen LogP contribution < -0.4 is 4.90 Å². The molecule has 1 heterocycles. The van der Waals surface area contributed by atoms with E-state index in [4.69, 9.17) is 0 Å². The van der Waals surface area contributed by atoms with Crippen molar-refractivity contribution >= 4 is 11.6 Å². The maximum atomic E-state index is 11.7. The summed E-state index contributed by atoms with van der Waals surface area (Å²) in [5, 5.41) is 2.87. The third-order valence-electron chi connectivity index (χ3n) is 2.44. The maximum absolute atomic E-state index is 11.7. The zero-order valence-corrected chi connectivity index (χ0v) is 7.80. The largest absolute Gasteiger partial charge is 0.310 e. The Balaban J connectivity index is 2.55. The van der Waals surface area contributed by atoms with E-state index >= 15 is 0 Å². The SMILES string of the molecule is CCN1C(=O)C(N=O)c2ccccc21. The molecule has 0 saturated heterocycles. The van der Waals surface area contributed by atoms with Crippen LogP contribution in [0.25, 0.3) is 0 Å². The topological polar surface area (TPSA) is 49.7 Å². The van der Waals surface area contributed by atoms with Gasteiger partial charge in [-0.1, -0.05) is 23.4 Å². The number of fused-ring (bicyclic) bond motifs is 1. The second-order valence-corrected chi connectivity index (χ2v) is 3.15. The van der Waals surface area contributed by atoms with Gasteiger partial charge in [0.15, 0.2) is 6.04 Å². The number of hydrogen-bond donors (Lipinski definition) is 0. The molecule has 1 aromatic rings. The predicted octanol–water partition coefficient (Wildman–Crippen LogP) is 1.86. The minimum Gasteiger partial charge on any atom is -0.310 e. The quantitative estimate of drug-likeness (QED) is 0.668. The van der Waals surface area contributed by atoms with Gasteiger partial charge in [0.05, 0.1) is 0 Å². The monoisotopic (exact) mass is 190 g/mol. The molecule has 14 heavy (non-hydrogen) atoms. The van der Waals surface area contributed by atoms with Crippen molar-refractivity contribution in [1.29, 1.82) is 0 Å². The van der Waals surface area contributed by atoms with Crippen LogP contribution in [0.15, 0.2) is 29.4 Å². The van der Waals surface area contributed by atoms with E-state index in [2.05, 4.69) is 5.18 Å². The van der Waals surface area contributed by atoms with Gasteiger partial charge in [-0.05, 0) is 13.0 Å². The minimum atomic E-state index is -0.842. The van der Waals surface area contributed by atoms with Gasteiger partial charge in [0.2, 0.25) is 0 Å². The molecule has 1 amide bonds. The Morgan fingerprint density at radius 2 is 2.14 bits per heavy atom. The van der Waals surface area contributed by atoms with E-state index in [1.54, 1.807) is 11.0 Å². The van der Waals surface area contributed by atoms with Crippen LogP contribution in [0.3, 0.4) is 0 Å². The van der Waals surface area contributed by atoms with Crippen LogP contribution >= 0.6 is 0 Å². The Morgan fingerprint density at radius 1 is 1.43 bits per heavy atom. The highest BCUT2D eigenvalue weighted by Crippen LogP contribution is 2.37. The number of nitroso groups, excluding NO2 is 1. The van der Waals surface area contributed by atoms with Crippen LogP contribution in [0.4, 0.5) is 5.69 Å². The zero-order chi connectivity index (χ0) is 10.1. The highest BCUT2D eigenvalue weighted by atomic mass is 16.3. The van der Waals surface area contributed by atoms with Gasteiger partial charge in [0, 0.05) is 17.8 Å². The molecule has 0 aromatic heterocycles. The Labute approximate surface area is 81.5 Å². The molecule has 0 saturated carbocycles. The molecule has 0 N–H and O–H groups in total. The van der Waals surface area contributed by atoms with E-state index in [1.165, 1.54) is 0 Å². The van der Waals surface area contributed by atoms with Gasteiger partial charge in [0.25, 0.3) is 5.91 Å². The lowest BCUT2D eigenvalue weighted by Crippen LogP contribution is -2.27. The molecule has 1 atom stereocenters. The number of benzene rings is 1. The highest BCUT2D eigenvalue weighted by Gasteiger charge is 2.36. The van der Waals surface area contributed by atoms with Gasteiger partial charge in [-0.15, -0.1) is 4.91 Å². The third-order valence-corrected chi connectivity index (χ3v) is 2.44. The van der Waals surface area contributed by atoms with Crippen molar-refractivity contribution < 1.29 is 4.79 Å². The molecule has 0 fully saturated rings. The smallest absolute Gasteiger partial charge is 0.260 e. The Hall–Kier alpha value is -1.71. The molecule has 0 bridgehead atoms. The maximum Gasteiger partial charge on any atom is 0.260 e. The molecule has 0 radical (unpaired) electrons. The molecule has 1 unspecified atom stereocenters. The summed E-state index contributed by atoms with van der Waals surface area (Å²) in [6, 6.07) is 6.42. The molecule has 0 aliphatic carbocycles. The van der Waals surface area contributed by atoms with E-state index < -0.39 is 6.04 Å². The fourth-order valence-electron chi connectivity index (χ4n) is 1.79. The van der Waals surface area contributed by atoms with Crippen LogP contribution in [0.2, 0.25) is 0 Å². The average molecular weight is 190 g/mol. The lowest BCUT2D eigenvalue weighted by Gasteiger charge is -2.13. The second-order valence-electron chi connectivity index (χ2n) is 3.15.